The summed E-state index contributed by atoms with van der Waals surface area (Å²) in [5, 5.41) is 3.81. The molecule has 2 rings (SSSR count). The number of amides is 1. The van der Waals surface area contributed by atoms with Crippen LogP contribution >= 0.6 is 0 Å². The van der Waals surface area contributed by atoms with Crippen molar-refractivity contribution in [3.05, 3.63) is 35.4 Å². The van der Waals surface area contributed by atoms with Gasteiger partial charge in [-0.15, -0.1) is 0 Å². The number of carbonyl (C=O) groups is 1. The second-order valence-electron chi connectivity index (χ2n) is 6.12. The molecule has 0 saturated heterocycles. The lowest BCUT2D eigenvalue weighted by Gasteiger charge is -2.24. The van der Waals surface area contributed by atoms with E-state index in [4.69, 9.17) is 10.6 Å². The molecule has 1 amide bonds. The fourth-order valence-corrected chi connectivity index (χ4v) is 2.68. The number of carbonyl (C=O) groups excluding carboxylic acids is 1. The van der Waals surface area contributed by atoms with Crippen LogP contribution in [0.3, 0.4) is 0 Å². The van der Waals surface area contributed by atoms with E-state index in [9.17, 15) is 13.6 Å². The molecule has 23 heavy (non-hydrogen) atoms. The molecule has 1 heterocycles. The maximum absolute atomic E-state index is 13.8. The van der Waals surface area contributed by atoms with E-state index in [0.29, 0.717) is 19.0 Å². The van der Waals surface area contributed by atoms with Crippen molar-refractivity contribution in [2.75, 3.05) is 19.6 Å². The van der Waals surface area contributed by atoms with E-state index >= 15 is 0 Å². The highest BCUT2D eigenvalue weighted by Gasteiger charge is 2.28. The number of hydrogen-bond acceptors (Lipinski definition) is 4. The van der Waals surface area contributed by atoms with Gasteiger partial charge >= 0.3 is 0 Å². The van der Waals surface area contributed by atoms with Crippen LogP contribution in [-0.4, -0.2) is 42.3 Å². The van der Waals surface area contributed by atoms with Gasteiger partial charge in [0.25, 0.3) is 0 Å². The first-order valence-electron chi connectivity index (χ1n) is 7.54. The van der Waals surface area contributed by atoms with Crippen LogP contribution in [0.25, 0.3) is 0 Å². The minimum Gasteiger partial charge on any atom is -0.390 e. The Labute approximate surface area is 134 Å². The lowest BCUT2D eigenvalue weighted by atomic mass is 10.0. The van der Waals surface area contributed by atoms with Crippen LogP contribution < -0.4 is 5.73 Å². The van der Waals surface area contributed by atoms with Gasteiger partial charge in [0.15, 0.2) is 0 Å². The van der Waals surface area contributed by atoms with Crippen LogP contribution in [0, 0.1) is 17.6 Å². The molecule has 0 aliphatic carbocycles. The largest absolute Gasteiger partial charge is 0.390 e. The topological polar surface area (TPSA) is 67.9 Å². The Balaban J connectivity index is 2.01. The van der Waals surface area contributed by atoms with Crippen LogP contribution in [0.4, 0.5) is 8.78 Å². The fourth-order valence-electron chi connectivity index (χ4n) is 2.68. The molecular weight excluding hydrogens is 304 g/mol. The van der Waals surface area contributed by atoms with Crippen LogP contribution in [0.1, 0.15) is 25.8 Å². The third kappa shape index (κ3) is 4.72. The molecule has 0 radical (unpaired) electrons. The predicted octanol–water partition coefficient (Wildman–Crippen LogP) is 1.90. The summed E-state index contributed by atoms with van der Waals surface area (Å²) < 4.78 is 27.6. The molecule has 2 N–H and O–H groups in total. The first kappa shape index (κ1) is 17.3. The number of nitrogens with zero attached hydrogens (tertiary/aromatic N) is 2. The molecule has 0 spiro atoms. The minimum absolute atomic E-state index is 0.113. The average molecular weight is 325 g/mol. The Hall–Kier alpha value is -2.02. The van der Waals surface area contributed by atoms with Crippen molar-refractivity contribution >= 4 is 11.6 Å². The number of benzene rings is 1. The van der Waals surface area contributed by atoms with Gasteiger partial charge in [0.1, 0.15) is 17.7 Å². The Bertz CT molecular complexity index is 585. The van der Waals surface area contributed by atoms with E-state index in [1.807, 2.05) is 18.7 Å². The Morgan fingerprint density at radius 3 is 2.65 bits per heavy atom. The van der Waals surface area contributed by atoms with Gasteiger partial charge in [0.2, 0.25) is 5.91 Å². The van der Waals surface area contributed by atoms with Crippen molar-refractivity contribution < 1.29 is 18.4 Å². The molecule has 7 heteroatoms. The summed E-state index contributed by atoms with van der Waals surface area (Å²) in [4.78, 5) is 18.3. The maximum atomic E-state index is 13.8. The zero-order chi connectivity index (χ0) is 17.0. The summed E-state index contributed by atoms with van der Waals surface area (Å²) in [6.07, 6.45) is -0.0762. The van der Waals surface area contributed by atoms with Crippen molar-refractivity contribution in [3.8, 4) is 0 Å². The SMILES string of the molecule is CC(C)CN(CC(N)=O)C[C@H]1CC(c2c(F)cccc2F)=NO1. The van der Waals surface area contributed by atoms with Crippen molar-refractivity contribution in [1.82, 2.24) is 4.90 Å². The molecule has 1 aliphatic heterocycles. The quantitative estimate of drug-likeness (QED) is 0.832. The molecule has 1 atom stereocenters. The van der Waals surface area contributed by atoms with E-state index in [0.717, 1.165) is 0 Å². The van der Waals surface area contributed by atoms with Crippen molar-refractivity contribution in [2.24, 2.45) is 16.8 Å². The Morgan fingerprint density at radius 2 is 2.09 bits per heavy atom. The van der Waals surface area contributed by atoms with E-state index in [1.165, 1.54) is 18.2 Å². The van der Waals surface area contributed by atoms with Gasteiger partial charge in [-0.1, -0.05) is 25.1 Å². The molecular formula is C16H21F2N3O2. The first-order valence-corrected chi connectivity index (χ1v) is 7.54. The lowest BCUT2D eigenvalue weighted by Crippen LogP contribution is -2.40. The summed E-state index contributed by atoms with van der Waals surface area (Å²) in [6, 6.07) is 3.68. The van der Waals surface area contributed by atoms with E-state index in [1.54, 1.807) is 0 Å². The minimum atomic E-state index is -0.663. The molecule has 126 valence electrons. The van der Waals surface area contributed by atoms with Crippen LogP contribution in [0.5, 0.6) is 0 Å². The molecule has 0 aromatic heterocycles. The maximum Gasteiger partial charge on any atom is 0.231 e. The predicted molar refractivity (Wildman–Crippen MR) is 82.9 cm³/mol. The number of primary amides is 1. The Morgan fingerprint density at radius 1 is 1.43 bits per heavy atom. The Kier molecular flexibility index (Phi) is 5.65. The monoisotopic (exact) mass is 325 g/mol. The third-order valence-corrected chi connectivity index (χ3v) is 3.45. The standard InChI is InChI=1S/C16H21F2N3O2/c1-10(2)7-21(9-15(19)22)8-11-6-14(20-23-11)16-12(17)4-3-5-13(16)18/h3-5,10-11H,6-9H2,1-2H3,(H2,19,22)/t11-/m1/s1. The molecule has 1 aliphatic rings. The second kappa shape index (κ2) is 7.50. The number of rotatable bonds is 7. The summed E-state index contributed by atoms with van der Waals surface area (Å²) in [5.74, 6) is -1.40. The highest BCUT2D eigenvalue weighted by Crippen LogP contribution is 2.22. The average Bonchev–Trinajstić information content (AvgIpc) is 2.85. The zero-order valence-electron chi connectivity index (χ0n) is 13.3. The molecule has 5 nitrogen and oxygen atoms in total. The van der Waals surface area contributed by atoms with Crippen LogP contribution in [0.2, 0.25) is 0 Å². The van der Waals surface area contributed by atoms with E-state index in [2.05, 4.69) is 5.16 Å². The van der Waals surface area contributed by atoms with Gasteiger partial charge in [-0.25, -0.2) is 8.78 Å². The summed E-state index contributed by atoms with van der Waals surface area (Å²) in [5.41, 5.74) is 5.34. The van der Waals surface area contributed by atoms with Crippen LogP contribution in [0.15, 0.2) is 23.4 Å². The van der Waals surface area contributed by atoms with E-state index < -0.39 is 17.5 Å². The molecule has 0 fully saturated rings. The zero-order valence-corrected chi connectivity index (χ0v) is 13.3. The van der Waals surface area contributed by atoms with Crippen LogP contribution in [-0.2, 0) is 9.63 Å². The summed E-state index contributed by atoms with van der Waals surface area (Å²) in [7, 11) is 0. The fraction of sp³-hybridized carbons (Fsp3) is 0.500. The van der Waals surface area contributed by atoms with E-state index in [-0.39, 0.29) is 30.3 Å². The summed E-state index contributed by atoms with van der Waals surface area (Å²) >= 11 is 0. The molecule has 0 unspecified atom stereocenters. The second-order valence-corrected chi connectivity index (χ2v) is 6.12. The molecule has 1 aromatic carbocycles. The first-order chi connectivity index (χ1) is 10.9. The van der Waals surface area contributed by atoms with Crippen molar-refractivity contribution in [2.45, 2.75) is 26.4 Å². The lowest BCUT2D eigenvalue weighted by molar-refractivity contribution is -0.119. The van der Waals surface area contributed by atoms with Crippen molar-refractivity contribution in [3.63, 3.8) is 0 Å². The third-order valence-electron chi connectivity index (χ3n) is 3.45. The molecule has 1 aromatic rings. The molecule has 0 bridgehead atoms. The normalized spacial score (nSPS) is 17.5. The van der Waals surface area contributed by atoms with Gasteiger partial charge in [-0.05, 0) is 18.1 Å². The highest BCUT2D eigenvalue weighted by molar-refractivity contribution is 6.01. The number of hydrogen-bond donors (Lipinski definition) is 1. The highest BCUT2D eigenvalue weighted by atomic mass is 19.1. The summed E-state index contributed by atoms with van der Waals surface area (Å²) in [6.45, 7) is 5.26. The van der Waals surface area contributed by atoms with Gasteiger partial charge in [0.05, 0.1) is 17.8 Å². The van der Waals surface area contributed by atoms with Crippen molar-refractivity contribution in [1.29, 1.82) is 0 Å². The van der Waals surface area contributed by atoms with Gasteiger partial charge in [-0.3, -0.25) is 9.69 Å². The smallest absolute Gasteiger partial charge is 0.231 e. The number of halogens is 2. The van der Waals surface area contributed by atoms with Gasteiger partial charge < -0.3 is 10.6 Å². The number of oxime groups is 1. The molecule has 0 saturated carbocycles. The van der Waals surface area contributed by atoms with Gasteiger partial charge in [0, 0.05) is 19.5 Å². The number of nitrogens with two attached hydrogens (primary N) is 1. The van der Waals surface area contributed by atoms with Gasteiger partial charge in [-0.2, -0.15) is 0 Å².